The van der Waals surface area contributed by atoms with Crippen molar-refractivity contribution < 1.29 is 13.2 Å². The van der Waals surface area contributed by atoms with Crippen LogP contribution >= 0.6 is 0 Å². The van der Waals surface area contributed by atoms with E-state index < -0.39 is 10.0 Å². The van der Waals surface area contributed by atoms with Gasteiger partial charge in [-0.3, -0.25) is 4.79 Å². The molecule has 1 unspecified atom stereocenters. The first-order chi connectivity index (χ1) is 14.0. The maximum Gasteiger partial charge on any atom is 0.253 e. The normalized spacial score (nSPS) is 20.8. The van der Waals surface area contributed by atoms with Crippen LogP contribution in [-0.4, -0.2) is 62.3 Å². The van der Waals surface area contributed by atoms with Gasteiger partial charge in [0.2, 0.25) is 10.0 Å². The van der Waals surface area contributed by atoms with Gasteiger partial charge in [-0.05, 0) is 56.2 Å². The Bertz CT molecular complexity index is 955. The number of hydrogen-bond acceptors (Lipinski definition) is 4. The highest BCUT2D eigenvalue weighted by atomic mass is 32.2. The van der Waals surface area contributed by atoms with Gasteiger partial charge >= 0.3 is 0 Å². The van der Waals surface area contributed by atoms with Crippen LogP contribution in [0.3, 0.4) is 0 Å². The van der Waals surface area contributed by atoms with Crippen LogP contribution in [0, 0.1) is 0 Å². The molecule has 0 N–H and O–H groups in total. The summed E-state index contributed by atoms with van der Waals surface area (Å²) in [6.45, 7) is 5.34. The van der Waals surface area contributed by atoms with Crippen LogP contribution in [0.15, 0.2) is 59.5 Å². The third-order valence-corrected chi connectivity index (χ3v) is 7.72. The van der Waals surface area contributed by atoms with Crippen LogP contribution in [0.25, 0.3) is 0 Å². The van der Waals surface area contributed by atoms with Crippen molar-refractivity contribution in [2.45, 2.75) is 30.7 Å². The van der Waals surface area contributed by atoms with Gasteiger partial charge in [-0.15, -0.1) is 0 Å². The highest BCUT2D eigenvalue weighted by Gasteiger charge is 2.29. The number of nitrogens with zero attached hydrogens (tertiary/aromatic N) is 3. The fourth-order valence-electron chi connectivity index (χ4n) is 4.17. The van der Waals surface area contributed by atoms with Crippen molar-refractivity contribution in [1.82, 2.24) is 9.21 Å². The second kappa shape index (κ2) is 8.16. The third kappa shape index (κ3) is 4.02. The Kier molecular flexibility index (Phi) is 5.61. The summed E-state index contributed by atoms with van der Waals surface area (Å²) in [5.41, 5.74) is 1.70. The number of amides is 1. The molecule has 0 spiro atoms. The quantitative estimate of drug-likeness (QED) is 0.773. The standard InChI is InChI=1S/C22H27N3O3S/c1-18-17-23(15-16-25(18)20-7-3-2-4-8-20)22(26)19-9-11-21(12-10-19)29(27,28)24-13-5-6-14-24/h2-4,7-12,18H,5-6,13-17H2,1H3. The second-order valence-corrected chi connectivity index (χ2v) is 9.70. The minimum atomic E-state index is -3.45. The zero-order chi connectivity index (χ0) is 20.4. The molecule has 0 bridgehead atoms. The summed E-state index contributed by atoms with van der Waals surface area (Å²) >= 11 is 0. The first kappa shape index (κ1) is 19.9. The number of piperazine rings is 1. The summed E-state index contributed by atoms with van der Waals surface area (Å²) in [6, 6.07) is 16.8. The van der Waals surface area contributed by atoms with Crippen LogP contribution in [0.4, 0.5) is 5.69 Å². The van der Waals surface area contributed by atoms with Gasteiger partial charge in [-0.25, -0.2) is 8.42 Å². The van der Waals surface area contributed by atoms with Gasteiger partial charge in [0.1, 0.15) is 0 Å². The van der Waals surface area contributed by atoms with Crippen LogP contribution in [0.5, 0.6) is 0 Å². The summed E-state index contributed by atoms with van der Waals surface area (Å²) in [7, 11) is -3.45. The fourth-order valence-corrected chi connectivity index (χ4v) is 5.69. The largest absolute Gasteiger partial charge is 0.365 e. The van der Waals surface area contributed by atoms with E-state index in [2.05, 4.69) is 24.0 Å². The zero-order valence-electron chi connectivity index (χ0n) is 16.7. The van der Waals surface area contributed by atoms with Crippen molar-refractivity contribution in [3.8, 4) is 0 Å². The molecule has 29 heavy (non-hydrogen) atoms. The lowest BCUT2D eigenvalue weighted by Crippen LogP contribution is -2.53. The number of rotatable bonds is 4. The van der Waals surface area contributed by atoms with Crippen molar-refractivity contribution >= 4 is 21.6 Å². The molecule has 4 rings (SSSR count). The van der Waals surface area contributed by atoms with Gasteiger partial charge in [0.15, 0.2) is 0 Å². The SMILES string of the molecule is CC1CN(C(=O)c2ccc(S(=O)(=O)N3CCCC3)cc2)CCN1c1ccccc1. The molecule has 0 aromatic heterocycles. The first-order valence-corrected chi connectivity index (χ1v) is 11.6. The van der Waals surface area contributed by atoms with Crippen molar-refractivity contribution in [2.24, 2.45) is 0 Å². The summed E-state index contributed by atoms with van der Waals surface area (Å²) in [6.07, 6.45) is 1.81. The molecule has 1 amide bonds. The average molecular weight is 414 g/mol. The Hall–Kier alpha value is -2.38. The topological polar surface area (TPSA) is 60.9 Å². The lowest BCUT2D eigenvalue weighted by atomic mass is 10.1. The van der Waals surface area contributed by atoms with Crippen LogP contribution in [0.2, 0.25) is 0 Å². The van der Waals surface area contributed by atoms with Crippen molar-refractivity contribution in [2.75, 3.05) is 37.6 Å². The number of anilines is 1. The molecule has 2 aromatic rings. The molecule has 6 nitrogen and oxygen atoms in total. The van der Waals surface area contributed by atoms with Gasteiger partial charge < -0.3 is 9.80 Å². The maximum absolute atomic E-state index is 13.0. The van der Waals surface area contributed by atoms with Gasteiger partial charge in [0.05, 0.1) is 4.90 Å². The second-order valence-electron chi connectivity index (χ2n) is 7.76. The minimum Gasteiger partial charge on any atom is -0.365 e. The molecule has 1 atom stereocenters. The highest BCUT2D eigenvalue weighted by molar-refractivity contribution is 7.89. The fraction of sp³-hybridized carbons (Fsp3) is 0.409. The van der Waals surface area contributed by atoms with Crippen molar-refractivity contribution in [3.05, 3.63) is 60.2 Å². The van der Waals surface area contributed by atoms with Gasteiger partial charge in [-0.1, -0.05) is 18.2 Å². The van der Waals surface area contributed by atoms with Gasteiger partial charge in [-0.2, -0.15) is 4.31 Å². The number of carbonyl (C=O) groups excluding carboxylic acids is 1. The monoisotopic (exact) mass is 413 g/mol. The number of sulfonamides is 1. The summed E-state index contributed by atoms with van der Waals surface area (Å²) < 4.78 is 26.8. The smallest absolute Gasteiger partial charge is 0.253 e. The molecule has 2 fully saturated rings. The Morgan fingerprint density at radius 1 is 0.897 bits per heavy atom. The average Bonchev–Trinajstić information content (AvgIpc) is 3.30. The van der Waals surface area contributed by atoms with Crippen molar-refractivity contribution in [1.29, 1.82) is 0 Å². The Balaban J connectivity index is 1.44. The molecule has 2 aromatic carbocycles. The molecule has 0 radical (unpaired) electrons. The van der Waals surface area contributed by atoms with Crippen molar-refractivity contribution in [3.63, 3.8) is 0 Å². The molecular formula is C22H27N3O3S. The van der Waals surface area contributed by atoms with E-state index >= 15 is 0 Å². The number of para-hydroxylation sites is 1. The van der Waals surface area contributed by atoms with Crippen LogP contribution in [0.1, 0.15) is 30.1 Å². The molecule has 154 valence electrons. The number of hydrogen-bond donors (Lipinski definition) is 0. The number of benzene rings is 2. The minimum absolute atomic E-state index is 0.0466. The molecule has 2 saturated heterocycles. The van der Waals surface area contributed by atoms with E-state index in [-0.39, 0.29) is 16.8 Å². The van der Waals surface area contributed by atoms with Crippen LogP contribution in [-0.2, 0) is 10.0 Å². The van der Waals surface area contributed by atoms with Crippen LogP contribution < -0.4 is 4.90 Å². The molecular weight excluding hydrogens is 386 g/mol. The summed E-state index contributed by atoms with van der Waals surface area (Å²) in [4.78, 5) is 17.4. The Morgan fingerprint density at radius 2 is 1.55 bits per heavy atom. The molecule has 2 aliphatic rings. The first-order valence-electron chi connectivity index (χ1n) is 10.2. The molecule has 7 heteroatoms. The summed E-state index contributed by atoms with van der Waals surface area (Å²) in [5.74, 6) is -0.0466. The molecule has 0 saturated carbocycles. The molecule has 2 aliphatic heterocycles. The summed E-state index contributed by atoms with van der Waals surface area (Å²) in [5, 5.41) is 0. The molecule has 0 aliphatic carbocycles. The van der Waals surface area contributed by atoms with E-state index in [0.29, 0.717) is 31.7 Å². The zero-order valence-corrected chi connectivity index (χ0v) is 17.5. The number of carbonyl (C=O) groups is 1. The van der Waals surface area contributed by atoms with Gasteiger partial charge in [0, 0.05) is 50.0 Å². The highest BCUT2D eigenvalue weighted by Crippen LogP contribution is 2.23. The lowest BCUT2D eigenvalue weighted by Gasteiger charge is -2.41. The predicted octanol–water partition coefficient (Wildman–Crippen LogP) is 2.82. The van der Waals surface area contributed by atoms with Gasteiger partial charge in [0.25, 0.3) is 5.91 Å². The van der Waals surface area contributed by atoms with E-state index in [1.54, 1.807) is 24.3 Å². The third-order valence-electron chi connectivity index (χ3n) is 5.81. The van der Waals surface area contributed by atoms with E-state index in [9.17, 15) is 13.2 Å². The van der Waals surface area contributed by atoms with E-state index in [1.807, 2.05) is 23.1 Å². The van der Waals surface area contributed by atoms with E-state index in [1.165, 1.54) is 9.99 Å². The molecule has 2 heterocycles. The van der Waals surface area contributed by atoms with E-state index in [4.69, 9.17) is 0 Å². The Morgan fingerprint density at radius 3 is 2.17 bits per heavy atom. The maximum atomic E-state index is 13.0. The predicted molar refractivity (Wildman–Crippen MR) is 114 cm³/mol. The van der Waals surface area contributed by atoms with E-state index in [0.717, 1.165) is 19.4 Å². The Labute approximate surface area is 172 Å². The lowest BCUT2D eigenvalue weighted by molar-refractivity contribution is 0.0726.